The number of hydrogen-bond donors (Lipinski definition) is 1. The van der Waals surface area contributed by atoms with Gasteiger partial charge in [0.15, 0.2) is 0 Å². The van der Waals surface area contributed by atoms with E-state index in [4.69, 9.17) is 5.73 Å². The van der Waals surface area contributed by atoms with Crippen LogP contribution in [0.4, 0.5) is 0 Å². The molecule has 0 bridgehead atoms. The van der Waals surface area contributed by atoms with Crippen molar-refractivity contribution in [3.05, 3.63) is 0 Å². The van der Waals surface area contributed by atoms with Crippen LogP contribution in [0.2, 0.25) is 0 Å². The van der Waals surface area contributed by atoms with Crippen molar-refractivity contribution < 1.29 is 4.12 Å². The molecule has 0 heterocycles. The normalized spacial score (nSPS) is 11.5. The number of nitrogens with two attached hydrogens (primary N) is 1. The molecule has 0 aromatic carbocycles. The lowest BCUT2D eigenvalue weighted by molar-refractivity contribution is 0.683. The molecule has 0 rings (SSSR count). The molecule has 2 nitrogen and oxygen atoms in total. The van der Waals surface area contributed by atoms with Crippen molar-refractivity contribution in [3.8, 4) is 0 Å². The Morgan fingerprint density at radius 2 is 2.50 bits per heavy atom. The minimum absolute atomic E-state index is 0.303. The van der Waals surface area contributed by atoms with E-state index in [0.717, 1.165) is 18.1 Å². The molecule has 0 atom stereocenters. The minimum atomic E-state index is 0.303. The van der Waals surface area contributed by atoms with Crippen LogP contribution in [0.3, 0.4) is 0 Å². The van der Waals surface area contributed by atoms with Crippen molar-refractivity contribution in [2.75, 3.05) is 0 Å². The lowest BCUT2D eigenvalue weighted by Gasteiger charge is -1.93. The first-order chi connectivity index (χ1) is 3.81. The van der Waals surface area contributed by atoms with Crippen LogP contribution in [0.5, 0.6) is 0 Å². The molecule has 0 aliphatic carbocycles. The van der Waals surface area contributed by atoms with E-state index in [1.807, 2.05) is 0 Å². The average Bonchev–Trinajstić information content (AvgIpc) is 1.68. The third kappa shape index (κ3) is 4.07. The molecule has 0 spiro atoms. The second kappa shape index (κ2) is 5.05. The number of hydrogen-bond acceptors (Lipinski definition) is 2. The van der Waals surface area contributed by atoms with Gasteiger partial charge in [0.1, 0.15) is 0 Å². The maximum Gasteiger partial charge on any atom is 0.322 e. The molecule has 0 amide bonds. The zero-order valence-corrected chi connectivity index (χ0v) is 6.90. The highest BCUT2D eigenvalue weighted by atomic mass is 28.3. The Hall–Kier alpha value is -0.0962. The highest BCUT2D eigenvalue weighted by Crippen LogP contribution is 1.81. The lowest BCUT2D eigenvalue weighted by Crippen LogP contribution is -2.16. The molecule has 0 saturated carbocycles. The van der Waals surface area contributed by atoms with Gasteiger partial charge in [-0.2, -0.15) is 0 Å². The fourth-order valence-corrected chi connectivity index (χ4v) is 1.26. The van der Waals surface area contributed by atoms with Crippen molar-refractivity contribution in [2.45, 2.75) is 19.8 Å². The van der Waals surface area contributed by atoms with Gasteiger partial charge < -0.3 is 9.85 Å². The van der Waals surface area contributed by atoms with E-state index < -0.39 is 0 Å². The van der Waals surface area contributed by atoms with Gasteiger partial charge in [-0.05, 0) is 6.42 Å². The minimum Gasteiger partial charge on any atom is -0.602 e. The van der Waals surface area contributed by atoms with Crippen LogP contribution in [-0.2, 0) is 4.12 Å². The van der Waals surface area contributed by atoms with E-state index in [0.29, 0.717) is 9.38 Å². The topological polar surface area (TPSA) is 35.2 Å². The van der Waals surface area contributed by atoms with Crippen LogP contribution in [0.1, 0.15) is 19.8 Å². The summed E-state index contributed by atoms with van der Waals surface area (Å²) in [4.78, 5) is 0. The summed E-state index contributed by atoms with van der Waals surface area (Å²) in [6.45, 7) is 2.09. The van der Waals surface area contributed by atoms with Crippen molar-refractivity contribution in [1.82, 2.24) is 0 Å². The van der Waals surface area contributed by atoms with Gasteiger partial charge in [-0.1, -0.05) is 13.3 Å². The summed E-state index contributed by atoms with van der Waals surface area (Å²) in [5, 5.41) is 0.919. The summed E-state index contributed by atoms with van der Waals surface area (Å²) < 4.78 is 4.63. The second-order valence-corrected chi connectivity index (χ2v) is 3.14. The molecule has 0 fully saturated rings. The lowest BCUT2D eigenvalue weighted by atomic mass is 10.3. The Balaban J connectivity index is 3.29. The molecular weight excluding hydrogens is 134 g/mol. The first-order valence-corrected chi connectivity index (χ1v) is 3.82. The third-order valence-electron chi connectivity index (χ3n) is 0.701. The molecular formula is C4H9NOSi2. The third-order valence-corrected chi connectivity index (χ3v) is 1.62. The van der Waals surface area contributed by atoms with Gasteiger partial charge in [-0.25, -0.2) is 0 Å². The van der Waals surface area contributed by atoms with Gasteiger partial charge in [0.2, 0.25) is 0 Å². The van der Waals surface area contributed by atoms with Crippen molar-refractivity contribution >= 4 is 25.2 Å². The van der Waals surface area contributed by atoms with Gasteiger partial charge in [0.25, 0.3) is 9.38 Å². The maximum atomic E-state index is 5.47. The zero-order chi connectivity index (χ0) is 6.41. The summed E-state index contributed by atoms with van der Waals surface area (Å²) in [5.74, 6) is 0. The molecule has 0 saturated heterocycles. The molecule has 8 heavy (non-hydrogen) atoms. The van der Waals surface area contributed by atoms with Crippen molar-refractivity contribution in [3.63, 3.8) is 0 Å². The van der Waals surface area contributed by atoms with E-state index in [1.165, 1.54) is 0 Å². The molecule has 0 aliphatic heterocycles. The van der Waals surface area contributed by atoms with Crippen LogP contribution in [0, 0.1) is 0 Å². The zero-order valence-electron chi connectivity index (χ0n) is 4.90. The first kappa shape index (κ1) is 7.90. The van der Waals surface area contributed by atoms with Crippen LogP contribution >= 0.6 is 0 Å². The molecule has 4 radical (unpaired) electrons. The van der Waals surface area contributed by atoms with E-state index in [9.17, 15) is 0 Å². The molecule has 0 aliphatic rings. The van der Waals surface area contributed by atoms with Crippen LogP contribution in [-0.4, -0.2) is 25.2 Å². The first-order valence-electron chi connectivity index (χ1n) is 2.51. The van der Waals surface area contributed by atoms with Gasteiger partial charge in [-0.15, -0.1) is 0 Å². The van der Waals surface area contributed by atoms with Crippen molar-refractivity contribution in [2.24, 2.45) is 5.73 Å². The molecule has 44 valence electrons. The van der Waals surface area contributed by atoms with E-state index >= 15 is 0 Å². The summed E-state index contributed by atoms with van der Waals surface area (Å²) in [6, 6.07) is 0. The Morgan fingerprint density at radius 3 is 2.88 bits per heavy atom. The highest BCUT2D eigenvalue weighted by molar-refractivity contribution is 6.50. The summed E-state index contributed by atoms with van der Waals surface area (Å²) in [7, 11) is 3.18. The van der Waals surface area contributed by atoms with Crippen LogP contribution < -0.4 is 5.73 Å². The molecule has 0 aromatic heterocycles. The Kier molecular flexibility index (Phi) is 4.99. The molecule has 0 aromatic rings. The highest BCUT2D eigenvalue weighted by Gasteiger charge is 1.85. The predicted molar refractivity (Wildman–Crippen MR) is 36.7 cm³/mol. The largest absolute Gasteiger partial charge is 0.602 e. The second-order valence-electron chi connectivity index (χ2n) is 1.48. The van der Waals surface area contributed by atoms with Gasteiger partial charge in [-0.3, -0.25) is 0 Å². The maximum absolute atomic E-state index is 5.47. The molecule has 2 N–H and O–H groups in total. The molecule has 4 heteroatoms. The summed E-state index contributed by atoms with van der Waals surface area (Å²) in [6.07, 6.45) is 2.05. The fraction of sp³-hybridized carbons (Fsp3) is 0.750. The SMILES string of the molecule is CCCC(N)=[Si]O[Si]. The quantitative estimate of drug-likeness (QED) is 0.545. The number of rotatable bonds is 3. The smallest absolute Gasteiger partial charge is 0.322 e. The summed E-state index contributed by atoms with van der Waals surface area (Å²) >= 11 is 0. The van der Waals surface area contributed by atoms with Crippen LogP contribution in [0.25, 0.3) is 0 Å². The Labute approximate surface area is 55.5 Å². The van der Waals surface area contributed by atoms with Crippen molar-refractivity contribution in [1.29, 1.82) is 0 Å². The van der Waals surface area contributed by atoms with Gasteiger partial charge >= 0.3 is 10.5 Å². The monoisotopic (exact) mass is 143 g/mol. The fourth-order valence-electron chi connectivity index (χ4n) is 0.386. The average molecular weight is 143 g/mol. The van der Waals surface area contributed by atoms with Gasteiger partial charge in [0.05, 0.1) is 0 Å². The molecule has 0 unspecified atom stereocenters. The van der Waals surface area contributed by atoms with E-state index in [2.05, 4.69) is 21.5 Å². The Morgan fingerprint density at radius 1 is 1.88 bits per heavy atom. The van der Waals surface area contributed by atoms with E-state index in [1.54, 1.807) is 0 Å². The standard InChI is InChI=1S/C4H9NOSi2/c1-2-3-4(5)8-6-7/h2-3,5H2,1H3. The van der Waals surface area contributed by atoms with Gasteiger partial charge in [0, 0.05) is 5.29 Å². The van der Waals surface area contributed by atoms with E-state index in [-0.39, 0.29) is 0 Å². The Bertz CT molecular complexity index is 84.1. The predicted octanol–water partition coefficient (Wildman–Crippen LogP) is -0.406. The van der Waals surface area contributed by atoms with Crippen LogP contribution in [0.15, 0.2) is 0 Å². The summed E-state index contributed by atoms with van der Waals surface area (Å²) in [5.41, 5.74) is 5.47.